The monoisotopic (exact) mass is 445 g/mol. The van der Waals surface area contributed by atoms with Gasteiger partial charge in [0.1, 0.15) is 0 Å². The predicted molar refractivity (Wildman–Crippen MR) is 140 cm³/mol. The lowest BCUT2D eigenvalue weighted by Gasteiger charge is -2.23. The van der Waals surface area contributed by atoms with Crippen LogP contribution >= 0.6 is 11.3 Å². The van der Waals surface area contributed by atoms with E-state index in [2.05, 4.69) is 87.5 Å². The second-order valence-electron chi connectivity index (χ2n) is 10.1. The van der Waals surface area contributed by atoms with E-state index in [4.69, 9.17) is 0 Å². The van der Waals surface area contributed by atoms with Crippen molar-refractivity contribution in [3.63, 3.8) is 0 Å². The number of benzene rings is 2. The molecule has 0 radical (unpaired) electrons. The Morgan fingerprint density at radius 3 is 2.53 bits per heavy atom. The van der Waals surface area contributed by atoms with Gasteiger partial charge in [-0.3, -0.25) is 0 Å². The van der Waals surface area contributed by atoms with E-state index < -0.39 is 0 Å². The zero-order valence-electron chi connectivity index (χ0n) is 20.6. The summed E-state index contributed by atoms with van der Waals surface area (Å²) in [5.74, 6) is 1.38. The molecule has 0 bridgehead atoms. The van der Waals surface area contributed by atoms with E-state index in [1.807, 2.05) is 11.3 Å². The van der Waals surface area contributed by atoms with Gasteiger partial charge in [-0.1, -0.05) is 50.2 Å². The zero-order chi connectivity index (χ0) is 22.7. The van der Waals surface area contributed by atoms with Gasteiger partial charge in [0, 0.05) is 11.4 Å². The minimum Gasteiger partial charge on any atom is -0.306 e. The third-order valence-electron chi connectivity index (χ3n) is 7.34. The minimum absolute atomic E-state index is 0.684. The van der Waals surface area contributed by atoms with Gasteiger partial charge in [-0.05, 0) is 122 Å². The summed E-state index contributed by atoms with van der Waals surface area (Å²) >= 11 is 1.97. The van der Waals surface area contributed by atoms with E-state index in [0.717, 1.165) is 13.0 Å². The van der Waals surface area contributed by atoms with Gasteiger partial charge >= 0.3 is 0 Å². The molecule has 0 aliphatic heterocycles. The summed E-state index contributed by atoms with van der Waals surface area (Å²) in [4.78, 5) is 4.00. The SMILES string of the molecule is CCN(C)C[C@H](C)Cc1cc(C)c(Cc2csc(C3CCc4ccccc4C3)c2)cc1C. The Hall–Kier alpha value is -1.90. The molecule has 2 aromatic carbocycles. The standard InChI is InChI=1S/C30H39NS/c1-6-31(5)19-21(2)13-28-14-23(4)29(15-22(28)3)16-24-17-30(32-20-24)27-12-11-25-9-7-8-10-26(25)18-27/h7-10,14-15,17,20-21,27H,6,11-13,16,18-19H2,1-5H3/t21-,27?/m1/s1. The van der Waals surface area contributed by atoms with Crippen LogP contribution in [0, 0.1) is 19.8 Å². The number of aryl methyl sites for hydroxylation is 3. The Morgan fingerprint density at radius 1 is 1.03 bits per heavy atom. The Kier molecular flexibility index (Phi) is 7.53. The quantitative estimate of drug-likeness (QED) is 0.350. The van der Waals surface area contributed by atoms with Crippen molar-refractivity contribution in [1.29, 1.82) is 0 Å². The first-order valence-electron chi connectivity index (χ1n) is 12.3. The third-order valence-corrected chi connectivity index (χ3v) is 8.49. The van der Waals surface area contributed by atoms with E-state index in [1.165, 1.54) is 60.0 Å². The molecular formula is C30H39NS. The molecular weight excluding hydrogens is 406 g/mol. The van der Waals surface area contributed by atoms with Crippen molar-refractivity contribution < 1.29 is 0 Å². The summed E-state index contributed by atoms with van der Waals surface area (Å²) < 4.78 is 0. The Bertz CT molecular complexity index is 1050. The summed E-state index contributed by atoms with van der Waals surface area (Å²) in [5.41, 5.74) is 10.5. The van der Waals surface area contributed by atoms with Crippen molar-refractivity contribution >= 4 is 11.3 Å². The number of hydrogen-bond acceptors (Lipinski definition) is 2. The fourth-order valence-electron chi connectivity index (χ4n) is 5.31. The second-order valence-corrected chi connectivity index (χ2v) is 11.1. The van der Waals surface area contributed by atoms with Gasteiger partial charge in [-0.15, -0.1) is 11.3 Å². The lowest BCUT2D eigenvalue weighted by atomic mass is 9.83. The second kappa shape index (κ2) is 10.4. The Labute approximate surface area is 199 Å². The lowest BCUT2D eigenvalue weighted by Crippen LogP contribution is -2.25. The lowest BCUT2D eigenvalue weighted by molar-refractivity contribution is 0.298. The molecule has 0 saturated heterocycles. The van der Waals surface area contributed by atoms with Crippen LogP contribution in [-0.2, 0) is 25.7 Å². The first kappa shape index (κ1) is 23.3. The number of thiophene rings is 1. The van der Waals surface area contributed by atoms with Gasteiger partial charge in [0.2, 0.25) is 0 Å². The van der Waals surface area contributed by atoms with Crippen LogP contribution in [0.25, 0.3) is 0 Å². The van der Waals surface area contributed by atoms with Gasteiger partial charge in [-0.2, -0.15) is 0 Å². The van der Waals surface area contributed by atoms with Crippen LogP contribution in [0.1, 0.15) is 70.0 Å². The maximum atomic E-state index is 2.49. The Morgan fingerprint density at radius 2 is 1.75 bits per heavy atom. The van der Waals surface area contributed by atoms with Crippen molar-refractivity contribution in [1.82, 2.24) is 4.90 Å². The first-order valence-corrected chi connectivity index (χ1v) is 13.2. The van der Waals surface area contributed by atoms with Crippen molar-refractivity contribution in [2.24, 2.45) is 5.92 Å². The average molecular weight is 446 g/mol. The first-order chi connectivity index (χ1) is 15.4. The van der Waals surface area contributed by atoms with Crippen LogP contribution in [0.3, 0.4) is 0 Å². The minimum atomic E-state index is 0.684. The molecule has 1 aromatic heterocycles. The maximum Gasteiger partial charge on any atom is 0.00825 e. The predicted octanol–water partition coefficient (Wildman–Crippen LogP) is 7.36. The molecule has 1 aliphatic carbocycles. The van der Waals surface area contributed by atoms with Crippen LogP contribution in [0.4, 0.5) is 0 Å². The summed E-state index contributed by atoms with van der Waals surface area (Å²) in [5, 5.41) is 2.40. The summed E-state index contributed by atoms with van der Waals surface area (Å²) in [6.45, 7) is 11.5. The maximum absolute atomic E-state index is 2.49. The molecule has 0 amide bonds. The van der Waals surface area contributed by atoms with Crippen LogP contribution in [0.2, 0.25) is 0 Å². The number of hydrogen-bond donors (Lipinski definition) is 0. The molecule has 2 heteroatoms. The highest BCUT2D eigenvalue weighted by Crippen LogP contribution is 2.36. The molecule has 32 heavy (non-hydrogen) atoms. The summed E-state index contributed by atoms with van der Waals surface area (Å²) in [6.07, 6.45) is 5.94. The van der Waals surface area contributed by atoms with E-state index in [-0.39, 0.29) is 0 Å². The fraction of sp³-hybridized carbons (Fsp3) is 0.467. The largest absolute Gasteiger partial charge is 0.306 e. The highest BCUT2D eigenvalue weighted by molar-refractivity contribution is 7.10. The molecule has 1 aliphatic rings. The number of rotatable bonds is 8. The average Bonchev–Trinajstić information content (AvgIpc) is 3.25. The zero-order valence-corrected chi connectivity index (χ0v) is 21.4. The molecule has 1 heterocycles. The molecule has 0 N–H and O–H groups in total. The van der Waals surface area contributed by atoms with Gasteiger partial charge < -0.3 is 4.90 Å². The highest BCUT2D eigenvalue weighted by atomic mass is 32.1. The Balaban J connectivity index is 1.43. The molecule has 0 saturated carbocycles. The number of fused-ring (bicyclic) bond motifs is 1. The van der Waals surface area contributed by atoms with Gasteiger partial charge in [-0.25, -0.2) is 0 Å². The topological polar surface area (TPSA) is 3.24 Å². The number of nitrogens with zero attached hydrogens (tertiary/aromatic N) is 1. The molecule has 3 aromatic rings. The van der Waals surface area contributed by atoms with Crippen LogP contribution in [0.15, 0.2) is 47.8 Å². The van der Waals surface area contributed by atoms with Gasteiger partial charge in [0.05, 0.1) is 0 Å². The molecule has 1 unspecified atom stereocenters. The van der Waals surface area contributed by atoms with E-state index in [0.29, 0.717) is 11.8 Å². The molecule has 0 fully saturated rings. The van der Waals surface area contributed by atoms with Gasteiger partial charge in [0.15, 0.2) is 0 Å². The molecule has 1 nitrogen and oxygen atoms in total. The van der Waals surface area contributed by atoms with Crippen LogP contribution in [0.5, 0.6) is 0 Å². The van der Waals surface area contributed by atoms with Crippen molar-refractivity contribution in [2.75, 3.05) is 20.1 Å². The molecule has 170 valence electrons. The van der Waals surface area contributed by atoms with Crippen molar-refractivity contribution in [2.45, 2.75) is 65.7 Å². The highest BCUT2D eigenvalue weighted by Gasteiger charge is 2.21. The van der Waals surface area contributed by atoms with Crippen LogP contribution < -0.4 is 0 Å². The smallest absolute Gasteiger partial charge is 0.00825 e. The van der Waals surface area contributed by atoms with Gasteiger partial charge in [0.25, 0.3) is 0 Å². The normalized spacial score (nSPS) is 16.9. The molecule has 4 rings (SSSR count). The van der Waals surface area contributed by atoms with E-state index in [1.54, 1.807) is 16.0 Å². The van der Waals surface area contributed by atoms with Crippen molar-refractivity contribution in [3.05, 3.63) is 91.7 Å². The fourth-order valence-corrected chi connectivity index (χ4v) is 6.36. The molecule has 0 spiro atoms. The van der Waals surface area contributed by atoms with Crippen molar-refractivity contribution in [3.8, 4) is 0 Å². The molecule has 2 atom stereocenters. The third kappa shape index (κ3) is 5.53. The van der Waals surface area contributed by atoms with E-state index in [9.17, 15) is 0 Å². The van der Waals surface area contributed by atoms with Crippen LogP contribution in [-0.4, -0.2) is 25.0 Å². The van der Waals surface area contributed by atoms with E-state index >= 15 is 0 Å². The summed E-state index contributed by atoms with van der Waals surface area (Å²) in [7, 11) is 2.22. The summed E-state index contributed by atoms with van der Waals surface area (Å²) in [6, 6.07) is 16.4.